The van der Waals surface area contributed by atoms with E-state index in [0.29, 0.717) is 15.6 Å². The molecule has 1 rings (SSSR count). The van der Waals surface area contributed by atoms with Crippen molar-refractivity contribution >= 4 is 22.2 Å². The molecule has 0 aliphatic carbocycles. The van der Waals surface area contributed by atoms with Gasteiger partial charge in [-0.2, -0.15) is 0 Å². The smallest absolute Gasteiger partial charge is 0.150 e. The third-order valence-corrected chi connectivity index (χ3v) is 2.41. The quantitative estimate of drug-likeness (QED) is 0.728. The SMILES string of the molecule is CC(C)c1cc(C=O)cc(Br)c1F. The third-order valence-electron chi connectivity index (χ3n) is 1.84. The maximum absolute atomic E-state index is 13.4. The molecule has 0 saturated heterocycles. The molecule has 70 valence electrons. The summed E-state index contributed by atoms with van der Waals surface area (Å²) in [6.45, 7) is 3.78. The molecule has 0 saturated carbocycles. The molecule has 0 aliphatic rings. The summed E-state index contributed by atoms with van der Waals surface area (Å²) in [7, 11) is 0. The normalized spacial score (nSPS) is 10.5. The van der Waals surface area contributed by atoms with Gasteiger partial charge in [0.25, 0.3) is 0 Å². The minimum Gasteiger partial charge on any atom is -0.298 e. The number of carbonyl (C=O) groups excluding carboxylic acids is 1. The Morgan fingerprint density at radius 1 is 1.46 bits per heavy atom. The van der Waals surface area contributed by atoms with Crippen LogP contribution in [0.15, 0.2) is 16.6 Å². The van der Waals surface area contributed by atoms with Crippen LogP contribution in [0.3, 0.4) is 0 Å². The highest BCUT2D eigenvalue weighted by molar-refractivity contribution is 9.10. The van der Waals surface area contributed by atoms with Crippen molar-refractivity contribution in [2.24, 2.45) is 0 Å². The first-order valence-corrected chi connectivity index (χ1v) is 4.79. The van der Waals surface area contributed by atoms with Crippen LogP contribution in [0.2, 0.25) is 0 Å². The van der Waals surface area contributed by atoms with E-state index in [2.05, 4.69) is 15.9 Å². The molecule has 0 amide bonds. The van der Waals surface area contributed by atoms with Gasteiger partial charge in [0.15, 0.2) is 0 Å². The zero-order valence-corrected chi connectivity index (χ0v) is 9.06. The van der Waals surface area contributed by atoms with Gasteiger partial charge in [-0.1, -0.05) is 13.8 Å². The summed E-state index contributed by atoms with van der Waals surface area (Å²) in [5.74, 6) is -0.197. The fourth-order valence-corrected chi connectivity index (χ4v) is 1.61. The van der Waals surface area contributed by atoms with E-state index in [1.54, 1.807) is 6.07 Å². The van der Waals surface area contributed by atoms with Crippen LogP contribution in [0.4, 0.5) is 4.39 Å². The number of halogens is 2. The van der Waals surface area contributed by atoms with Crippen molar-refractivity contribution in [2.45, 2.75) is 19.8 Å². The molecular formula is C10H10BrFO. The van der Waals surface area contributed by atoms with Gasteiger partial charge >= 0.3 is 0 Å². The summed E-state index contributed by atoms with van der Waals surface area (Å²) in [6.07, 6.45) is 0.718. The number of hydrogen-bond acceptors (Lipinski definition) is 1. The van der Waals surface area contributed by atoms with Gasteiger partial charge < -0.3 is 0 Å². The first-order valence-electron chi connectivity index (χ1n) is 4.00. The van der Waals surface area contributed by atoms with E-state index in [9.17, 15) is 9.18 Å². The van der Waals surface area contributed by atoms with Crippen molar-refractivity contribution in [3.8, 4) is 0 Å². The minimum absolute atomic E-state index is 0.0798. The lowest BCUT2D eigenvalue weighted by atomic mass is 10.0. The van der Waals surface area contributed by atoms with Gasteiger partial charge in [0, 0.05) is 5.56 Å². The first kappa shape index (κ1) is 10.4. The Balaban J connectivity index is 3.32. The molecule has 1 nitrogen and oxygen atoms in total. The average molecular weight is 245 g/mol. The second kappa shape index (κ2) is 4.01. The first-order chi connectivity index (χ1) is 6.06. The lowest BCUT2D eigenvalue weighted by Crippen LogP contribution is -1.96. The molecule has 1 aromatic carbocycles. The number of aldehydes is 1. The summed E-state index contributed by atoms with van der Waals surface area (Å²) in [5.41, 5.74) is 1.06. The van der Waals surface area contributed by atoms with Crippen molar-refractivity contribution in [3.05, 3.63) is 33.5 Å². The monoisotopic (exact) mass is 244 g/mol. The Bertz CT molecular complexity index is 334. The van der Waals surface area contributed by atoms with Gasteiger partial charge in [0.2, 0.25) is 0 Å². The topological polar surface area (TPSA) is 17.1 Å². The fraction of sp³-hybridized carbons (Fsp3) is 0.300. The second-order valence-corrected chi connectivity index (χ2v) is 4.03. The molecule has 0 fully saturated rings. The molecule has 0 heterocycles. The maximum atomic E-state index is 13.4. The average Bonchev–Trinajstić information content (AvgIpc) is 2.09. The summed E-state index contributed by atoms with van der Waals surface area (Å²) < 4.78 is 13.8. The van der Waals surface area contributed by atoms with Crippen LogP contribution >= 0.6 is 15.9 Å². The van der Waals surface area contributed by atoms with E-state index in [1.807, 2.05) is 13.8 Å². The number of benzene rings is 1. The number of rotatable bonds is 2. The Morgan fingerprint density at radius 3 is 2.54 bits per heavy atom. The fourth-order valence-electron chi connectivity index (χ4n) is 1.12. The Hall–Kier alpha value is -0.700. The van der Waals surface area contributed by atoms with Crippen molar-refractivity contribution in [2.75, 3.05) is 0 Å². The molecule has 3 heteroatoms. The molecule has 0 spiro atoms. The summed E-state index contributed by atoms with van der Waals surface area (Å²) in [5, 5.41) is 0. The lowest BCUT2D eigenvalue weighted by Gasteiger charge is -2.08. The van der Waals surface area contributed by atoms with Crippen LogP contribution < -0.4 is 0 Å². The van der Waals surface area contributed by atoms with Crippen LogP contribution in [0.5, 0.6) is 0 Å². The molecule has 0 unspecified atom stereocenters. The van der Waals surface area contributed by atoms with Crippen molar-refractivity contribution in [3.63, 3.8) is 0 Å². The predicted molar refractivity (Wildman–Crippen MR) is 53.6 cm³/mol. The van der Waals surface area contributed by atoms with Crippen molar-refractivity contribution in [1.29, 1.82) is 0 Å². The Morgan fingerprint density at radius 2 is 2.08 bits per heavy atom. The van der Waals surface area contributed by atoms with E-state index >= 15 is 0 Å². The molecule has 0 N–H and O–H groups in total. The predicted octanol–water partition coefficient (Wildman–Crippen LogP) is 3.52. The number of hydrogen-bond donors (Lipinski definition) is 0. The highest BCUT2D eigenvalue weighted by Gasteiger charge is 2.11. The molecule has 0 bridgehead atoms. The number of carbonyl (C=O) groups is 1. The van der Waals surface area contributed by atoms with E-state index in [-0.39, 0.29) is 11.7 Å². The van der Waals surface area contributed by atoms with Gasteiger partial charge in [-0.15, -0.1) is 0 Å². The highest BCUT2D eigenvalue weighted by atomic mass is 79.9. The van der Waals surface area contributed by atoms with E-state index < -0.39 is 0 Å². The van der Waals surface area contributed by atoms with Crippen LogP contribution in [-0.2, 0) is 0 Å². The van der Waals surface area contributed by atoms with Gasteiger partial charge in [-0.3, -0.25) is 4.79 Å². The molecular weight excluding hydrogens is 235 g/mol. The Kier molecular flexibility index (Phi) is 3.20. The van der Waals surface area contributed by atoms with Crippen LogP contribution in [-0.4, -0.2) is 6.29 Å². The summed E-state index contributed by atoms with van der Waals surface area (Å²) in [6, 6.07) is 3.06. The molecule has 0 aromatic heterocycles. The molecule has 0 radical (unpaired) electrons. The molecule has 1 aromatic rings. The zero-order chi connectivity index (χ0) is 10.0. The minimum atomic E-state index is -0.277. The summed E-state index contributed by atoms with van der Waals surface area (Å²) in [4.78, 5) is 10.5. The van der Waals surface area contributed by atoms with E-state index in [1.165, 1.54) is 6.07 Å². The van der Waals surface area contributed by atoms with Gasteiger partial charge in [-0.25, -0.2) is 4.39 Å². The zero-order valence-electron chi connectivity index (χ0n) is 7.47. The van der Waals surface area contributed by atoms with Gasteiger partial charge in [0.1, 0.15) is 12.1 Å². The van der Waals surface area contributed by atoms with E-state index in [0.717, 1.165) is 6.29 Å². The molecule has 0 atom stereocenters. The van der Waals surface area contributed by atoms with Crippen LogP contribution in [0, 0.1) is 5.82 Å². The third kappa shape index (κ3) is 2.15. The lowest BCUT2D eigenvalue weighted by molar-refractivity contribution is 0.112. The van der Waals surface area contributed by atoms with Crippen LogP contribution in [0.25, 0.3) is 0 Å². The molecule has 0 aliphatic heterocycles. The Labute approximate surface area is 85.1 Å². The van der Waals surface area contributed by atoms with E-state index in [4.69, 9.17) is 0 Å². The van der Waals surface area contributed by atoms with Crippen LogP contribution in [0.1, 0.15) is 35.7 Å². The molecule has 13 heavy (non-hydrogen) atoms. The summed E-state index contributed by atoms with van der Waals surface area (Å²) >= 11 is 3.07. The van der Waals surface area contributed by atoms with Crippen molar-refractivity contribution in [1.82, 2.24) is 0 Å². The van der Waals surface area contributed by atoms with Gasteiger partial charge in [0.05, 0.1) is 4.47 Å². The standard InChI is InChI=1S/C10H10BrFO/c1-6(2)8-3-7(5-13)4-9(11)10(8)12/h3-6H,1-2H3. The largest absolute Gasteiger partial charge is 0.298 e. The highest BCUT2D eigenvalue weighted by Crippen LogP contribution is 2.26. The second-order valence-electron chi connectivity index (χ2n) is 3.18. The van der Waals surface area contributed by atoms with Crippen molar-refractivity contribution < 1.29 is 9.18 Å². The van der Waals surface area contributed by atoms with Gasteiger partial charge in [-0.05, 0) is 39.5 Å². The maximum Gasteiger partial charge on any atom is 0.150 e.